The molecule has 0 saturated carbocycles. The molecule has 0 heterocycles. The number of aliphatic hydroxyl groups excluding tert-OH is 1. The van der Waals surface area contributed by atoms with Gasteiger partial charge in [-0.1, -0.05) is 328 Å². The highest BCUT2D eigenvalue weighted by Gasteiger charge is 2.30. The lowest BCUT2D eigenvalue weighted by Crippen LogP contribution is -2.30. The summed E-state index contributed by atoms with van der Waals surface area (Å²) >= 11 is 0. The number of carbonyl (C=O) groups excluding carboxylic acids is 4. The monoisotopic (exact) mass is 1580 g/mol. The van der Waals surface area contributed by atoms with E-state index >= 15 is 0 Å². The standard InChI is InChI=1S/C91H154O17P2/c1-5-9-13-17-21-25-29-33-37-40-42-45-48-51-55-59-63-67-71-75-88(93)101-81-86(107-90(95)77-73-69-65-61-57-53-47-36-32-28-24-20-16-12-8-4)83-105-109(97,98)103-79-85(92)80-104-110(99,100)106-84-87(108-91(96)78-74-70-66-62-58-54-50-44-39-35-31-27-23-19-15-11-7-3)82-102-89(94)76-72-68-64-60-56-52-49-46-43-41-38-34-30-26-22-18-14-10-6-2/h9-11,13-15,21-23,25-27,33-35,37-39,42-43,45-46,50,54,85-87,92H,5-8,12,16-20,24,28-32,36,40-41,44,47-49,51-53,55-84H2,1-4H3,(H,97,98)(H,99,100)/b13-9-,14-10-,15-11-,25-21-,26-22-,27-23-,37-33-,38-34-,39-35-,45-42-,46-43-,54-50-. The highest BCUT2D eigenvalue weighted by Crippen LogP contribution is 2.45. The molecule has 110 heavy (non-hydrogen) atoms. The average Bonchev–Trinajstić information content (AvgIpc) is 0.906. The second-order valence-electron chi connectivity index (χ2n) is 28.3. The number of ether oxygens (including phenoxy) is 4. The summed E-state index contributed by atoms with van der Waals surface area (Å²) in [5.41, 5.74) is 0. The van der Waals surface area contributed by atoms with E-state index in [-0.39, 0.29) is 25.7 Å². The number of phosphoric ester groups is 2. The van der Waals surface area contributed by atoms with Gasteiger partial charge in [0.05, 0.1) is 26.4 Å². The van der Waals surface area contributed by atoms with Crippen LogP contribution in [0.1, 0.15) is 349 Å². The van der Waals surface area contributed by atoms with Crippen molar-refractivity contribution in [2.45, 2.75) is 367 Å². The number of allylic oxidation sites excluding steroid dienone is 24. The molecule has 0 aromatic carbocycles. The van der Waals surface area contributed by atoms with E-state index in [0.29, 0.717) is 25.7 Å². The van der Waals surface area contributed by atoms with Crippen LogP contribution in [0.3, 0.4) is 0 Å². The zero-order chi connectivity index (χ0) is 80.3. The number of phosphoric acid groups is 2. The van der Waals surface area contributed by atoms with Crippen molar-refractivity contribution in [2.75, 3.05) is 39.6 Å². The topological polar surface area (TPSA) is 237 Å². The van der Waals surface area contributed by atoms with Gasteiger partial charge in [-0.05, 0) is 141 Å². The largest absolute Gasteiger partial charge is 0.472 e. The summed E-state index contributed by atoms with van der Waals surface area (Å²) in [7, 11) is -9.99. The molecule has 0 aliphatic carbocycles. The molecule has 0 aromatic heterocycles. The molecule has 5 unspecified atom stereocenters. The molecule has 0 amide bonds. The minimum atomic E-state index is -5.00. The first-order chi connectivity index (χ1) is 53.7. The maximum absolute atomic E-state index is 13.1. The second-order valence-corrected chi connectivity index (χ2v) is 31.2. The maximum atomic E-state index is 13.1. The molecule has 5 atom stereocenters. The molecule has 0 aliphatic rings. The molecular formula is C91H154O17P2. The van der Waals surface area contributed by atoms with Crippen LogP contribution in [-0.2, 0) is 65.4 Å². The van der Waals surface area contributed by atoms with Crippen molar-refractivity contribution in [3.05, 3.63) is 146 Å². The summed E-state index contributed by atoms with van der Waals surface area (Å²) in [6.45, 7) is 4.53. The highest BCUT2D eigenvalue weighted by molar-refractivity contribution is 7.47. The molecule has 0 aliphatic heterocycles. The van der Waals surface area contributed by atoms with Gasteiger partial charge in [0.15, 0.2) is 12.2 Å². The van der Waals surface area contributed by atoms with Gasteiger partial charge in [-0.15, -0.1) is 0 Å². The second kappa shape index (κ2) is 81.9. The Morgan fingerprint density at radius 1 is 0.264 bits per heavy atom. The van der Waals surface area contributed by atoms with Crippen molar-refractivity contribution >= 4 is 39.5 Å². The Morgan fingerprint density at radius 3 is 0.727 bits per heavy atom. The third kappa shape index (κ3) is 81.0. The number of unbranched alkanes of at least 4 members (excludes halogenated alkanes) is 30. The Hall–Kier alpha value is -5.06. The average molecular weight is 1580 g/mol. The minimum Gasteiger partial charge on any atom is -0.462 e. The van der Waals surface area contributed by atoms with Gasteiger partial charge >= 0.3 is 39.5 Å². The summed E-state index contributed by atoms with van der Waals surface area (Å²) in [5.74, 6) is -2.22. The van der Waals surface area contributed by atoms with Crippen molar-refractivity contribution < 1.29 is 80.2 Å². The summed E-state index contributed by atoms with van der Waals surface area (Å²) in [5, 5.41) is 10.7. The lowest BCUT2D eigenvalue weighted by atomic mass is 10.0. The Morgan fingerprint density at radius 2 is 0.473 bits per heavy atom. The third-order valence-electron chi connectivity index (χ3n) is 17.8. The zero-order valence-corrected chi connectivity index (χ0v) is 70.9. The van der Waals surface area contributed by atoms with Crippen LogP contribution in [0.5, 0.6) is 0 Å². The first kappa shape index (κ1) is 105. The quantitative estimate of drug-likeness (QED) is 0.0169. The molecule has 0 bridgehead atoms. The predicted molar refractivity (Wildman–Crippen MR) is 454 cm³/mol. The SMILES string of the molecule is CC/C=C\C/C=C\C/C=C\C/C=C\CCCCCCCCC(=O)OCC(COP(=O)(O)OCC(O)COP(=O)(O)OCC(COC(=O)CCCCCCCC/C=C\C/C=C\C/C=C\C/C=C\CC)OC(=O)CCCCCCCCCCCCCCCCC)OC(=O)CCCCCC/C=C\C/C=C\C/C=C\C/C=C\CC. The number of esters is 4. The van der Waals surface area contributed by atoms with E-state index in [2.05, 4.69) is 174 Å². The summed E-state index contributed by atoms with van der Waals surface area (Å²) < 4.78 is 68.8. The normalized spacial score (nSPS) is 14.5. The minimum absolute atomic E-state index is 0.0600. The molecule has 0 fully saturated rings. The summed E-state index contributed by atoms with van der Waals surface area (Å²) in [6.07, 6.45) is 95.1. The lowest BCUT2D eigenvalue weighted by Gasteiger charge is -2.21. The number of rotatable bonds is 80. The smallest absolute Gasteiger partial charge is 0.462 e. The van der Waals surface area contributed by atoms with Crippen LogP contribution in [0.4, 0.5) is 0 Å². The first-order valence-electron chi connectivity index (χ1n) is 43.1. The summed E-state index contributed by atoms with van der Waals surface area (Å²) in [4.78, 5) is 73.3. The molecule has 0 saturated heterocycles. The van der Waals surface area contributed by atoms with E-state index in [1.54, 1.807) is 0 Å². The van der Waals surface area contributed by atoms with Crippen molar-refractivity contribution in [1.82, 2.24) is 0 Å². The molecule has 19 heteroatoms. The molecule has 0 rings (SSSR count). The number of hydrogen-bond donors (Lipinski definition) is 3. The van der Waals surface area contributed by atoms with E-state index in [0.717, 1.165) is 205 Å². The zero-order valence-electron chi connectivity index (χ0n) is 69.1. The van der Waals surface area contributed by atoms with Gasteiger partial charge in [-0.2, -0.15) is 0 Å². The molecular weight excluding hydrogens is 1430 g/mol. The van der Waals surface area contributed by atoms with Crippen LogP contribution < -0.4 is 0 Å². The third-order valence-corrected chi connectivity index (χ3v) is 19.7. The van der Waals surface area contributed by atoms with Crippen LogP contribution in [0, 0.1) is 0 Å². The van der Waals surface area contributed by atoms with Crippen LogP contribution in [0.15, 0.2) is 146 Å². The van der Waals surface area contributed by atoms with Crippen molar-refractivity contribution in [3.8, 4) is 0 Å². The van der Waals surface area contributed by atoms with E-state index in [9.17, 15) is 43.2 Å². The van der Waals surface area contributed by atoms with E-state index in [1.165, 1.54) is 64.2 Å². The number of hydrogen-bond acceptors (Lipinski definition) is 15. The predicted octanol–water partition coefficient (Wildman–Crippen LogP) is 25.8. The highest BCUT2D eigenvalue weighted by atomic mass is 31.2. The van der Waals surface area contributed by atoms with Crippen molar-refractivity contribution in [2.24, 2.45) is 0 Å². The molecule has 0 spiro atoms. The van der Waals surface area contributed by atoms with Gasteiger partial charge in [-0.3, -0.25) is 37.3 Å². The van der Waals surface area contributed by atoms with Crippen molar-refractivity contribution in [3.63, 3.8) is 0 Å². The first-order valence-corrected chi connectivity index (χ1v) is 46.1. The molecule has 0 aromatic rings. The van der Waals surface area contributed by atoms with Crippen molar-refractivity contribution in [1.29, 1.82) is 0 Å². The van der Waals surface area contributed by atoms with Gasteiger partial charge in [0.2, 0.25) is 0 Å². The molecule has 0 radical (unpaired) electrons. The fourth-order valence-corrected chi connectivity index (χ4v) is 13.0. The van der Waals surface area contributed by atoms with Gasteiger partial charge in [0.25, 0.3) is 0 Å². The van der Waals surface area contributed by atoms with Crippen LogP contribution >= 0.6 is 15.6 Å². The fraction of sp³-hybridized carbons (Fsp3) is 0.692. The van der Waals surface area contributed by atoms with Gasteiger partial charge < -0.3 is 33.8 Å². The Bertz CT molecular complexity index is 2650. The molecule has 630 valence electrons. The maximum Gasteiger partial charge on any atom is 0.472 e. The Kier molecular flexibility index (Phi) is 78.2. The van der Waals surface area contributed by atoms with E-state index < -0.39 is 97.5 Å². The van der Waals surface area contributed by atoms with Gasteiger partial charge in [0.1, 0.15) is 19.3 Å². The van der Waals surface area contributed by atoms with Crippen LogP contribution in [-0.4, -0.2) is 96.7 Å². The Balaban J connectivity index is 5.41. The molecule has 17 nitrogen and oxygen atoms in total. The van der Waals surface area contributed by atoms with Crippen LogP contribution in [0.2, 0.25) is 0 Å². The number of carbonyl (C=O) groups is 4. The van der Waals surface area contributed by atoms with Gasteiger partial charge in [0, 0.05) is 25.7 Å². The summed E-state index contributed by atoms with van der Waals surface area (Å²) in [6, 6.07) is 0. The fourth-order valence-electron chi connectivity index (χ4n) is 11.4. The van der Waals surface area contributed by atoms with E-state index in [4.69, 9.17) is 37.0 Å². The van der Waals surface area contributed by atoms with Gasteiger partial charge in [-0.25, -0.2) is 9.13 Å². The number of aliphatic hydroxyl groups is 1. The Labute approximate surface area is 668 Å². The van der Waals surface area contributed by atoms with Crippen LogP contribution in [0.25, 0.3) is 0 Å². The van der Waals surface area contributed by atoms with E-state index in [1.807, 2.05) is 0 Å². The molecule has 3 N–H and O–H groups in total. The lowest BCUT2D eigenvalue weighted by molar-refractivity contribution is -0.161.